The number of likely N-dealkylation sites (tertiary alicyclic amines) is 1. The number of benzene rings is 1. The van der Waals surface area contributed by atoms with Crippen LogP contribution in [0.3, 0.4) is 0 Å². The Morgan fingerprint density at radius 3 is 2.62 bits per heavy atom. The second-order valence-corrected chi connectivity index (χ2v) is 8.40. The molecular formula is C16H22N6O3S. The molecular weight excluding hydrogens is 356 g/mol. The molecule has 1 aliphatic rings. The molecule has 0 aliphatic carbocycles. The van der Waals surface area contributed by atoms with E-state index in [-0.39, 0.29) is 29.4 Å². The molecule has 26 heavy (non-hydrogen) atoms. The van der Waals surface area contributed by atoms with E-state index in [0.717, 1.165) is 25.9 Å². The highest BCUT2D eigenvalue weighted by molar-refractivity contribution is 7.91. The third kappa shape index (κ3) is 4.18. The number of carbonyl (C=O) groups excluding carboxylic acids is 1. The number of hydrogen-bond acceptors (Lipinski definition) is 6. The van der Waals surface area contributed by atoms with Crippen LogP contribution in [0.25, 0.3) is 5.69 Å². The number of nitrogens with zero attached hydrogens (tertiary/aromatic N) is 5. The van der Waals surface area contributed by atoms with Crippen molar-refractivity contribution in [3.05, 3.63) is 30.3 Å². The first kappa shape index (κ1) is 18.3. The number of nitrogens with one attached hydrogen (secondary N) is 1. The molecule has 0 radical (unpaired) electrons. The van der Waals surface area contributed by atoms with Gasteiger partial charge in [0, 0.05) is 19.6 Å². The Morgan fingerprint density at radius 1 is 1.23 bits per heavy atom. The lowest BCUT2D eigenvalue weighted by Crippen LogP contribution is -2.40. The van der Waals surface area contributed by atoms with Crippen LogP contribution in [-0.2, 0) is 9.84 Å². The normalized spacial score (nSPS) is 15.8. The lowest BCUT2D eigenvalue weighted by molar-refractivity contribution is 0.207. The van der Waals surface area contributed by atoms with E-state index in [4.69, 9.17) is 0 Å². The van der Waals surface area contributed by atoms with Crippen LogP contribution in [0.2, 0.25) is 0 Å². The van der Waals surface area contributed by atoms with Crippen LogP contribution >= 0.6 is 0 Å². The van der Waals surface area contributed by atoms with E-state index >= 15 is 0 Å². The van der Waals surface area contributed by atoms with Crippen molar-refractivity contribution in [2.75, 3.05) is 25.4 Å². The smallest absolute Gasteiger partial charge is 0.317 e. The largest absolute Gasteiger partial charge is 0.338 e. The summed E-state index contributed by atoms with van der Waals surface area (Å²) in [6, 6.07) is 8.71. The van der Waals surface area contributed by atoms with Crippen molar-refractivity contribution >= 4 is 15.9 Å². The summed E-state index contributed by atoms with van der Waals surface area (Å²) in [6.45, 7) is 3.56. The van der Waals surface area contributed by atoms with Gasteiger partial charge in [-0.05, 0) is 41.3 Å². The minimum atomic E-state index is -3.70. The van der Waals surface area contributed by atoms with Crippen molar-refractivity contribution in [1.29, 1.82) is 0 Å². The Labute approximate surface area is 152 Å². The Morgan fingerprint density at radius 2 is 1.92 bits per heavy atom. The number of aromatic nitrogens is 4. The predicted molar refractivity (Wildman–Crippen MR) is 94.6 cm³/mol. The highest BCUT2D eigenvalue weighted by Crippen LogP contribution is 2.15. The van der Waals surface area contributed by atoms with Crippen molar-refractivity contribution in [3.63, 3.8) is 0 Å². The van der Waals surface area contributed by atoms with Gasteiger partial charge in [0.05, 0.1) is 11.4 Å². The fourth-order valence-electron chi connectivity index (χ4n) is 2.91. The van der Waals surface area contributed by atoms with Crippen LogP contribution in [0.4, 0.5) is 4.79 Å². The number of para-hydroxylation sites is 1. The lowest BCUT2D eigenvalue weighted by atomic mass is 10.2. The maximum absolute atomic E-state index is 12.7. The molecule has 1 N–H and O–H groups in total. The average Bonchev–Trinajstić information content (AvgIpc) is 3.31. The molecule has 2 amide bonds. The van der Waals surface area contributed by atoms with Gasteiger partial charge in [0.15, 0.2) is 0 Å². The minimum Gasteiger partial charge on any atom is -0.338 e. The summed E-state index contributed by atoms with van der Waals surface area (Å²) in [4.78, 5) is 13.8. The molecule has 1 fully saturated rings. The highest BCUT2D eigenvalue weighted by Gasteiger charge is 2.27. The number of hydrogen-bond donors (Lipinski definition) is 1. The molecule has 1 aliphatic heterocycles. The van der Waals surface area contributed by atoms with Crippen LogP contribution in [-0.4, -0.2) is 64.9 Å². The standard InChI is InChI=1S/C16H22N6O3S/c1-13(11-17-15(23)21-9-5-6-10-21)12-26(24,25)16-18-19-20-22(16)14-7-3-2-4-8-14/h2-4,7-8,13H,5-6,9-12H2,1H3,(H,17,23)/t13-/m0/s1. The van der Waals surface area contributed by atoms with Crippen molar-refractivity contribution in [2.45, 2.75) is 24.9 Å². The second kappa shape index (κ2) is 7.81. The first-order valence-electron chi connectivity index (χ1n) is 8.57. The topological polar surface area (TPSA) is 110 Å². The summed E-state index contributed by atoms with van der Waals surface area (Å²) in [6.07, 6.45) is 2.03. The lowest BCUT2D eigenvalue weighted by Gasteiger charge is -2.18. The zero-order valence-corrected chi connectivity index (χ0v) is 15.4. The summed E-state index contributed by atoms with van der Waals surface area (Å²) in [5.41, 5.74) is 0.575. The summed E-state index contributed by atoms with van der Waals surface area (Å²) in [5, 5.41) is 13.6. The number of urea groups is 1. The quantitative estimate of drug-likeness (QED) is 0.799. The van der Waals surface area contributed by atoms with Gasteiger partial charge >= 0.3 is 6.03 Å². The summed E-state index contributed by atoms with van der Waals surface area (Å²) >= 11 is 0. The molecule has 0 unspecified atom stereocenters. The van der Waals surface area contributed by atoms with Gasteiger partial charge < -0.3 is 10.2 Å². The third-order valence-corrected chi connectivity index (χ3v) is 6.04. The van der Waals surface area contributed by atoms with Crippen molar-refractivity contribution in [1.82, 2.24) is 30.4 Å². The van der Waals surface area contributed by atoms with Crippen LogP contribution in [0.5, 0.6) is 0 Å². The summed E-state index contributed by atoms with van der Waals surface area (Å²) in [7, 11) is -3.70. The summed E-state index contributed by atoms with van der Waals surface area (Å²) in [5.74, 6) is -0.423. The van der Waals surface area contributed by atoms with E-state index in [0.29, 0.717) is 5.69 Å². The molecule has 3 rings (SSSR count). The molecule has 9 nitrogen and oxygen atoms in total. The van der Waals surface area contributed by atoms with Gasteiger partial charge in [0.1, 0.15) is 0 Å². The fraction of sp³-hybridized carbons (Fsp3) is 0.500. The van der Waals surface area contributed by atoms with Crippen LogP contribution in [0.15, 0.2) is 35.5 Å². The molecule has 1 aromatic heterocycles. The summed E-state index contributed by atoms with van der Waals surface area (Å²) < 4.78 is 26.6. The molecule has 2 heterocycles. The molecule has 2 aromatic rings. The number of tetrazole rings is 1. The van der Waals surface area contributed by atoms with Gasteiger partial charge in [-0.15, -0.1) is 0 Å². The monoisotopic (exact) mass is 378 g/mol. The average molecular weight is 378 g/mol. The van der Waals surface area contributed by atoms with Gasteiger partial charge in [-0.1, -0.05) is 30.2 Å². The maximum atomic E-state index is 12.7. The first-order chi connectivity index (χ1) is 12.5. The van der Waals surface area contributed by atoms with E-state index in [9.17, 15) is 13.2 Å². The Balaban J connectivity index is 1.64. The van der Waals surface area contributed by atoms with E-state index in [1.54, 1.807) is 36.1 Å². The molecule has 1 atom stereocenters. The number of rotatable bonds is 6. The molecule has 1 saturated heterocycles. The van der Waals surface area contributed by atoms with E-state index in [1.807, 2.05) is 6.07 Å². The fourth-order valence-corrected chi connectivity index (χ4v) is 4.49. The van der Waals surface area contributed by atoms with Gasteiger partial charge in [-0.3, -0.25) is 0 Å². The van der Waals surface area contributed by atoms with Gasteiger partial charge in [-0.2, -0.15) is 4.68 Å². The van der Waals surface area contributed by atoms with Crippen LogP contribution in [0.1, 0.15) is 19.8 Å². The van der Waals surface area contributed by atoms with Gasteiger partial charge in [0.25, 0.3) is 5.16 Å². The Hall–Kier alpha value is -2.49. The number of carbonyl (C=O) groups is 1. The van der Waals surface area contributed by atoms with E-state index < -0.39 is 9.84 Å². The van der Waals surface area contributed by atoms with Crippen molar-refractivity contribution in [3.8, 4) is 5.69 Å². The zero-order valence-electron chi connectivity index (χ0n) is 14.6. The molecule has 0 bridgehead atoms. The zero-order chi connectivity index (χ0) is 18.6. The minimum absolute atomic E-state index is 0.138. The SMILES string of the molecule is C[C@@H](CNC(=O)N1CCCC1)CS(=O)(=O)c1nnnn1-c1ccccc1. The Kier molecular flexibility index (Phi) is 5.50. The molecule has 1 aromatic carbocycles. The first-order valence-corrected chi connectivity index (χ1v) is 10.2. The van der Waals surface area contributed by atoms with E-state index in [2.05, 4.69) is 20.8 Å². The molecule has 10 heteroatoms. The molecule has 0 spiro atoms. The van der Waals surface area contributed by atoms with Crippen molar-refractivity contribution < 1.29 is 13.2 Å². The third-order valence-electron chi connectivity index (χ3n) is 4.22. The highest BCUT2D eigenvalue weighted by atomic mass is 32.2. The maximum Gasteiger partial charge on any atom is 0.317 e. The van der Waals surface area contributed by atoms with Crippen LogP contribution in [0, 0.1) is 5.92 Å². The van der Waals surface area contributed by atoms with Gasteiger partial charge in [0.2, 0.25) is 9.84 Å². The number of amides is 2. The van der Waals surface area contributed by atoms with E-state index in [1.165, 1.54) is 4.68 Å². The predicted octanol–water partition coefficient (Wildman–Crippen LogP) is 0.878. The number of sulfone groups is 1. The van der Waals surface area contributed by atoms with Crippen molar-refractivity contribution in [2.24, 2.45) is 5.92 Å². The molecule has 0 saturated carbocycles. The second-order valence-electron chi connectivity index (χ2n) is 6.48. The van der Waals surface area contributed by atoms with Crippen LogP contribution < -0.4 is 5.32 Å². The Bertz CT molecular complexity index is 846. The van der Waals surface area contributed by atoms with Gasteiger partial charge in [-0.25, -0.2) is 13.2 Å². The molecule has 140 valence electrons.